The zero-order chi connectivity index (χ0) is 58.5. The van der Waals surface area contributed by atoms with Crippen molar-refractivity contribution in [3.63, 3.8) is 0 Å². The lowest BCUT2D eigenvalue weighted by Gasteiger charge is -2.68. The molecule has 12 atom stereocenters. The first kappa shape index (κ1) is 62.3. The zero-order valence-corrected chi connectivity index (χ0v) is 51.4. The number of amides is 1. The van der Waals surface area contributed by atoms with Crippen LogP contribution in [0.1, 0.15) is 148 Å². The van der Waals surface area contributed by atoms with Crippen molar-refractivity contribution < 1.29 is 80.3 Å². The molecule has 2 bridgehead atoms. The van der Waals surface area contributed by atoms with Gasteiger partial charge < -0.3 is 52.1 Å². The number of carbonyl (C=O) groups is 7. The minimum atomic E-state index is -3.09. The molecule has 1 amide bonds. The molecule has 1 aromatic rings. The minimum absolute atomic E-state index is 0.0430. The van der Waals surface area contributed by atoms with Crippen molar-refractivity contribution in [3.8, 4) is 0 Å². The van der Waals surface area contributed by atoms with E-state index < -0.39 is 141 Å². The maximum Gasteiger partial charge on any atom is 0.509 e. The van der Waals surface area contributed by atoms with Gasteiger partial charge in [0.15, 0.2) is 50.2 Å². The van der Waals surface area contributed by atoms with Crippen LogP contribution in [0.3, 0.4) is 0 Å². The molecule has 18 nitrogen and oxygen atoms in total. The highest BCUT2D eigenvalue weighted by Crippen LogP contribution is 2.67. The number of allylic oxidation sites excluding steroid dienone is 1. The molecule has 6 rings (SSSR count). The third kappa shape index (κ3) is 10.7. The number of ether oxygens (including phenoxy) is 8. The number of ketones is 1. The van der Waals surface area contributed by atoms with Gasteiger partial charge in [0.2, 0.25) is 13.9 Å². The van der Waals surface area contributed by atoms with Gasteiger partial charge in [-0.2, -0.15) is 0 Å². The molecule has 0 radical (unpaired) electrons. The fraction of sp³-hybridized carbons (Fsp3) is 0.707. The molecule has 2 saturated carbocycles. The average molecular weight is 1130 g/mol. The number of Topliss-reactive ketones (excluding diaryl/α,β-unsaturated/α-hetero) is 1. The van der Waals surface area contributed by atoms with E-state index in [-0.39, 0.29) is 46.4 Å². The first-order valence-electron chi connectivity index (χ1n) is 27.8. The van der Waals surface area contributed by atoms with Gasteiger partial charge in [-0.15, -0.1) is 0 Å². The van der Waals surface area contributed by atoms with Crippen molar-refractivity contribution in [2.24, 2.45) is 16.7 Å². The summed E-state index contributed by atoms with van der Waals surface area (Å²) in [5.74, 6) is -5.67. The summed E-state index contributed by atoms with van der Waals surface area (Å²) in [7, 11) is -5.80. The monoisotopic (exact) mass is 1130 g/mol. The number of fused-ring (bicyclic) bond motifs is 4. The van der Waals surface area contributed by atoms with Gasteiger partial charge in [-0.1, -0.05) is 107 Å². The maximum atomic E-state index is 16.8. The van der Waals surface area contributed by atoms with Crippen molar-refractivity contribution in [2.45, 2.75) is 238 Å². The summed E-state index contributed by atoms with van der Waals surface area (Å²) in [6, 6.07) is 8.88. The van der Waals surface area contributed by atoms with Crippen LogP contribution in [0, 0.1) is 16.7 Å². The normalized spacial score (nSPS) is 30.4. The van der Waals surface area contributed by atoms with Crippen molar-refractivity contribution in [1.82, 2.24) is 5.32 Å². The Kier molecular flexibility index (Phi) is 18.3. The Hall–Kier alpha value is -4.90. The summed E-state index contributed by atoms with van der Waals surface area (Å²) in [5, 5.41) is 2.85. The standard InChI is InChI=1S/C58H87NO17Si2/c1-20-27-39(59-52(65)73-54(14,15)16)44(76-78(32(5)6,33(7)8)34(9)10)51(64)69-43-35(11)42-45(68-36(12)60)47(62)56(19)40(75-77(21-2,22-3)23-4)30-41-57(31-67-41,72-37(13)61)46(56)49(70-50(63)38-28-25-24-26-29-38)58(55(42,17)18)48(43)71-53(66)74-58/h20,24-29,32-34,39-41,43-46,48-49H,21-23,30-31H2,1-19H3,(H,59,65)/b27-20+/t39-,40-,41+,43+,44+,45+,46?,48-,49-,56+,57-,58+/m0/s1. The summed E-state index contributed by atoms with van der Waals surface area (Å²) < 4.78 is 66.4. The van der Waals surface area contributed by atoms with E-state index in [1.807, 2.05) is 62.3 Å². The number of rotatable bonds is 19. The van der Waals surface area contributed by atoms with Crippen LogP contribution < -0.4 is 5.32 Å². The van der Waals surface area contributed by atoms with Gasteiger partial charge >= 0.3 is 36.1 Å². The van der Waals surface area contributed by atoms with Gasteiger partial charge in [0.05, 0.1) is 35.6 Å². The Balaban J connectivity index is 1.73. The molecule has 1 unspecified atom stereocenters. The van der Waals surface area contributed by atoms with Crippen molar-refractivity contribution in [3.05, 3.63) is 59.2 Å². The smallest absolute Gasteiger partial charge is 0.454 e. The summed E-state index contributed by atoms with van der Waals surface area (Å²) in [5.41, 5.74) is -8.54. The van der Waals surface area contributed by atoms with Crippen LogP contribution in [-0.4, -0.2) is 131 Å². The molecule has 2 aliphatic heterocycles. The van der Waals surface area contributed by atoms with Gasteiger partial charge in [-0.25, -0.2) is 19.2 Å². The van der Waals surface area contributed by atoms with Crippen LogP contribution in [0.4, 0.5) is 9.59 Å². The summed E-state index contributed by atoms with van der Waals surface area (Å²) in [6.07, 6.45) is -9.34. The lowest BCUT2D eigenvalue weighted by molar-refractivity contribution is -0.344. The highest BCUT2D eigenvalue weighted by molar-refractivity contribution is 6.77. The lowest BCUT2D eigenvalue weighted by Crippen LogP contribution is -2.83. The van der Waals surface area contributed by atoms with Crippen molar-refractivity contribution in [2.75, 3.05) is 6.61 Å². The quantitative estimate of drug-likeness (QED) is 0.0588. The van der Waals surface area contributed by atoms with E-state index in [0.29, 0.717) is 18.1 Å². The molecule has 3 aliphatic carbocycles. The Morgan fingerprint density at radius 3 is 1.94 bits per heavy atom. The summed E-state index contributed by atoms with van der Waals surface area (Å²) >= 11 is 0. The summed E-state index contributed by atoms with van der Waals surface area (Å²) in [6.45, 7) is 33.9. The molecule has 1 aromatic carbocycles. The SMILES string of the molecule is C/C=C/[C@H](NC(=O)OC(C)(C)C)[C@@H](O[Si](C(C)C)(C(C)C)C(C)C)C(=O)O[C@@H]1C(C)=C2[C@@H](OC(C)=O)C(=O)[C@@]3(C)C([C@H](OC(=O)c4ccccc4)[C@@]4(OC(=O)O[C@@H]14)C2(C)C)[C@]1(OC(C)=O)CO[C@@H]1C[C@@H]3O[Si](CC)(CC)CC. The number of alkyl carbamates (subject to hydrolysis) is 1. The van der Waals surface area contributed by atoms with Crippen LogP contribution in [0.15, 0.2) is 53.6 Å². The molecule has 78 heavy (non-hydrogen) atoms. The Labute approximate surface area is 463 Å². The highest BCUT2D eigenvalue weighted by atomic mass is 28.4. The van der Waals surface area contributed by atoms with Crippen molar-refractivity contribution >= 4 is 58.5 Å². The average Bonchev–Trinajstić information content (AvgIpc) is 3.87. The molecular weight excluding hydrogens is 1040 g/mol. The topological polar surface area (TPSA) is 224 Å². The number of carbonyl (C=O) groups excluding carboxylic acids is 7. The predicted octanol–water partition coefficient (Wildman–Crippen LogP) is 10.4. The largest absolute Gasteiger partial charge is 0.509 e. The second kappa shape index (κ2) is 22.9. The van der Waals surface area contributed by atoms with E-state index in [1.165, 1.54) is 13.8 Å². The second-order valence-corrected chi connectivity index (χ2v) is 34.7. The van der Waals surface area contributed by atoms with Crippen LogP contribution in [0.5, 0.6) is 0 Å². The molecule has 434 valence electrons. The molecular formula is C58H87NO17Si2. The summed E-state index contributed by atoms with van der Waals surface area (Å²) in [4.78, 5) is 104. The van der Waals surface area contributed by atoms with Gasteiger partial charge in [0.25, 0.3) is 0 Å². The zero-order valence-electron chi connectivity index (χ0n) is 49.4. The fourth-order valence-electron chi connectivity index (χ4n) is 14.2. The van der Waals surface area contributed by atoms with Gasteiger partial charge in [-0.05, 0) is 99.6 Å². The fourth-order valence-corrected chi connectivity index (χ4v) is 22.6. The minimum Gasteiger partial charge on any atom is -0.454 e. The lowest BCUT2D eigenvalue weighted by atomic mass is 9.44. The number of nitrogens with one attached hydrogen (secondary N) is 1. The molecule has 4 fully saturated rings. The predicted molar refractivity (Wildman–Crippen MR) is 293 cm³/mol. The Morgan fingerprint density at radius 2 is 1.45 bits per heavy atom. The van der Waals surface area contributed by atoms with E-state index in [4.69, 9.17) is 46.7 Å². The van der Waals surface area contributed by atoms with E-state index in [1.54, 1.807) is 97.9 Å². The Morgan fingerprint density at radius 1 is 0.859 bits per heavy atom. The molecule has 5 aliphatic rings. The number of hydrogen-bond donors (Lipinski definition) is 1. The van der Waals surface area contributed by atoms with Gasteiger partial charge in [-0.3, -0.25) is 14.4 Å². The Bertz CT molecular complexity index is 2490. The van der Waals surface area contributed by atoms with E-state index in [2.05, 4.69) is 5.32 Å². The third-order valence-electron chi connectivity index (χ3n) is 17.9. The van der Waals surface area contributed by atoms with Crippen LogP contribution >= 0.6 is 0 Å². The van der Waals surface area contributed by atoms with E-state index in [0.717, 1.165) is 0 Å². The van der Waals surface area contributed by atoms with Crippen molar-refractivity contribution in [1.29, 1.82) is 0 Å². The van der Waals surface area contributed by atoms with Crippen LogP contribution in [0.2, 0.25) is 34.8 Å². The highest BCUT2D eigenvalue weighted by Gasteiger charge is 2.83. The first-order chi connectivity index (χ1) is 36.2. The number of benzene rings is 1. The third-order valence-corrected chi connectivity index (χ3v) is 28.6. The number of esters is 4. The second-order valence-electron chi connectivity index (χ2n) is 24.6. The first-order valence-corrected chi connectivity index (χ1v) is 32.5. The molecule has 1 N–H and O–H groups in total. The molecule has 1 spiro atoms. The van der Waals surface area contributed by atoms with E-state index >= 15 is 14.4 Å². The number of hydrogen-bond acceptors (Lipinski definition) is 17. The van der Waals surface area contributed by atoms with Gasteiger partial charge in [0, 0.05) is 25.7 Å². The molecule has 0 aromatic heterocycles. The van der Waals surface area contributed by atoms with Crippen LogP contribution in [-0.2, 0) is 65.9 Å². The van der Waals surface area contributed by atoms with E-state index in [9.17, 15) is 19.2 Å². The maximum absolute atomic E-state index is 16.8. The molecule has 20 heteroatoms. The van der Waals surface area contributed by atoms with Crippen LogP contribution in [0.25, 0.3) is 0 Å². The molecule has 2 heterocycles. The van der Waals surface area contributed by atoms with Gasteiger partial charge in [0.1, 0.15) is 11.7 Å². The molecule has 2 saturated heterocycles.